The van der Waals surface area contributed by atoms with Gasteiger partial charge in [-0.1, -0.05) is 35.9 Å². The van der Waals surface area contributed by atoms with Crippen LogP contribution in [-0.2, 0) is 19.0 Å². The first-order chi connectivity index (χ1) is 13.9. The SMILES string of the molecule is FC(F)(F)c1cc2nc(CCCc3ccccn3)n(-c3ccccc3)c2cc1Cl. The molecule has 4 rings (SSSR count). The van der Waals surface area contributed by atoms with Crippen LogP contribution < -0.4 is 0 Å². The van der Waals surface area contributed by atoms with Gasteiger partial charge in [0.1, 0.15) is 5.82 Å². The average molecular weight is 416 g/mol. The van der Waals surface area contributed by atoms with Gasteiger partial charge in [-0.05, 0) is 49.2 Å². The van der Waals surface area contributed by atoms with E-state index in [0.29, 0.717) is 17.8 Å². The van der Waals surface area contributed by atoms with Crippen LogP contribution in [0, 0.1) is 0 Å². The number of alkyl halides is 3. The van der Waals surface area contributed by atoms with Gasteiger partial charge in [-0.2, -0.15) is 13.2 Å². The van der Waals surface area contributed by atoms with Crippen LogP contribution in [0.25, 0.3) is 16.7 Å². The number of imidazole rings is 1. The lowest BCUT2D eigenvalue weighted by Crippen LogP contribution is -2.06. The molecule has 0 radical (unpaired) electrons. The smallest absolute Gasteiger partial charge is 0.296 e. The Hall–Kier alpha value is -2.86. The molecule has 2 aromatic carbocycles. The Bertz CT molecular complexity index is 1120. The summed E-state index contributed by atoms with van der Waals surface area (Å²) in [5, 5.41) is -0.331. The van der Waals surface area contributed by atoms with E-state index in [4.69, 9.17) is 11.6 Å². The summed E-state index contributed by atoms with van der Waals surface area (Å²) in [6.45, 7) is 0. The molecule has 29 heavy (non-hydrogen) atoms. The molecule has 0 fully saturated rings. The lowest BCUT2D eigenvalue weighted by Gasteiger charge is -2.11. The monoisotopic (exact) mass is 415 g/mol. The number of hydrogen-bond acceptors (Lipinski definition) is 2. The lowest BCUT2D eigenvalue weighted by atomic mass is 10.1. The van der Waals surface area contributed by atoms with E-state index in [1.165, 1.54) is 6.07 Å². The zero-order chi connectivity index (χ0) is 20.4. The van der Waals surface area contributed by atoms with E-state index in [9.17, 15) is 13.2 Å². The number of benzene rings is 2. The fourth-order valence-electron chi connectivity index (χ4n) is 3.37. The summed E-state index contributed by atoms with van der Waals surface area (Å²) >= 11 is 5.97. The molecule has 0 saturated carbocycles. The molecule has 0 atom stereocenters. The quantitative estimate of drug-likeness (QED) is 0.384. The highest BCUT2D eigenvalue weighted by Gasteiger charge is 2.34. The molecule has 2 heterocycles. The number of halogens is 4. The zero-order valence-electron chi connectivity index (χ0n) is 15.3. The highest BCUT2D eigenvalue weighted by molar-refractivity contribution is 6.32. The van der Waals surface area contributed by atoms with Crippen LogP contribution in [-0.4, -0.2) is 14.5 Å². The molecule has 0 unspecified atom stereocenters. The molecule has 0 N–H and O–H groups in total. The van der Waals surface area contributed by atoms with E-state index in [1.54, 1.807) is 6.20 Å². The molecule has 0 aliphatic carbocycles. The fraction of sp³-hybridized carbons (Fsp3) is 0.182. The molecule has 0 spiro atoms. The number of rotatable bonds is 5. The van der Waals surface area contributed by atoms with Crippen molar-refractivity contribution in [3.8, 4) is 5.69 Å². The minimum Gasteiger partial charge on any atom is -0.296 e. The zero-order valence-corrected chi connectivity index (χ0v) is 16.1. The van der Waals surface area contributed by atoms with Gasteiger partial charge in [0.25, 0.3) is 0 Å². The van der Waals surface area contributed by atoms with Crippen molar-refractivity contribution in [3.05, 3.63) is 89.0 Å². The largest absolute Gasteiger partial charge is 0.417 e. The van der Waals surface area contributed by atoms with Crippen LogP contribution in [0.5, 0.6) is 0 Å². The van der Waals surface area contributed by atoms with Gasteiger partial charge in [0.05, 0.1) is 21.6 Å². The second-order valence-electron chi connectivity index (χ2n) is 6.69. The summed E-state index contributed by atoms with van der Waals surface area (Å²) in [4.78, 5) is 8.83. The molecule has 0 amide bonds. The first-order valence-electron chi connectivity index (χ1n) is 9.17. The van der Waals surface area contributed by atoms with Crippen molar-refractivity contribution < 1.29 is 13.2 Å². The second kappa shape index (κ2) is 7.87. The predicted octanol–water partition coefficient (Wildman–Crippen LogP) is 6.27. The summed E-state index contributed by atoms with van der Waals surface area (Å²) in [6, 6.07) is 17.6. The topological polar surface area (TPSA) is 30.7 Å². The van der Waals surface area contributed by atoms with Crippen molar-refractivity contribution in [2.45, 2.75) is 25.4 Å². The number of pyridine rings is 1. The molecule has 0 bridgehead atoms. The van der Waals surface area contributed by atoms with Crippen molar-refractivity contribution in [3.63, 3.8) is 0 Å². The Kier molecular flexibility index (Phi) is 5.28. The van der Waals surface area contributed by atoms with Gasteiger partial charge in [0.15, 0.2) is 0 Å². The first-order valence-corrected chi connectivity index (χ1v) is 9.54. The third kappa shape index (κ3) is 4.12. The standard InChI is InChI=1S/C22H17ClF3N3/c23-18-14-20-19(13-17(18)22(24,25)26)28-21(29(20)16-9-2-1-3-10-16)11-6-8-15-7-4-5-12-27-15/h1-5,7,9-10,12-14H,6,8,11H2. The van der Waals surface area contributed by atoms with Gasteiger partial charge in [0.2, 0.25) is 0 Å². The van der Waals surface area contributed by atoms with E-state index < -0.39 is 11.7 Å². The van der Waals surface area contributed by atoms with Crippen LogP contribution in [0.3, 0.4) is 0 Å². The Balaban J connectivity index is 1.75. The van der Waals surface area contributed by atoms with Crippen molar-refractivity contribution >= 4 is 22.6 Å². The van der Waals surface area contributed by atoms with Gasteiger partial charge in [-0.25, -0.2) is 4.98 Å². The molecule has 7 heteroatoms. The molecular weight excluding hydrogens is 399 g/mol. The molecule has 0 saturated heterocycles. The van der Waals surface area contributed by atoms with E-state index in [2.05, 4.69) is 9.97 Å². The second-order valence-corrected chi connectivity index (χ2v) is 7.10. The number of aryl methyl sites for hydroxylation is 2. The van der Waals surface area contributed by atoms with Crippen LogP contribution in [0.15, 0.2) is 66.9 Å². The van der Waals surface area contributed by atoms with Crippen LogP contribution in [0.2, 0.25) is 5.02 Å². The fourth-order valence-corrected chi connectivity index (χ4v) is 3.64. The van der Waals surface area contributed by atoms with E-state index in [0.717, 1.165) is 30.3 Å². The summed E-state index contributed by atoms with van der Waals surface area (Å²) in [5.74, 6) is 0.692. The number of nitrogens with zero attached hydrogens (tertiary/aromatic N) is 3. The maximum absolute atomic E-state index is 13.3. The van der Waals surface area contributed by atoms with Gasteiger partial charge < -0.3 is 0 Å². The van der Waals surface area contributed by atoms with Crippen LogP contribution in [0.1, 0.15) is 23.5 Å². The van der Waals surface area contributed by atoms with Crippen molar-refractivity contribution in [2.24, 2.45) is 0 Å². The van der Waals surface area contributed by atoms with Gasteiger partial charge in [-0.15, -0.1) is 0 Å². The summed E-state index contributed by atoms with van der Waals surface area (Å²) in [5.41, 5.74) is 1.76. The van der Waals surface area contributed by atoms with Crippen LogP contribution in [0.4, 0.5) is 13.2 Å². The number of hydrogen-bond donors (Lipinski definition) is 0. The maximum Gasteiger partial charge on any atom is 0.417 e. The summed E-state index contributed by atoms with van der Waals surface area (Å²) < 4.78 is 41.7. The molecule has 148 valence electrons. The van der Waals surface area contributed by atoms with Crippen molar-refractivity contribution in [2.75, 3.05) is 0 Å². The predicted molar refractivity (Wildman–Crippen MR) is 107 cm³/mol. The van der Waals surface area contributed by atoms with Gasteiger partial charge in [-0.3, -0.25) is 9.55 Å². The Morgan fingerprint density at radius 1 is 0.931 bits per heavy atom. The number of aromatic nitrogens is 3. The maximum atomic E-state index is 13.3. The van der Waals surface area contributed by atoms with E-state index >= 15 is 0 Å². The highest BCUT2D eigenvalue weighted by Crippen LogP contribution is 2.37. The normalized spacial score (nSPS) is 11.9. The summed E-state index contributed by atoms with van der Waals surface area (Å²) in [7, 11) is 0. The lowest BCUT2D eigenvalue weighted by molar-refractivity contribution is -0.137. The van der Waals surface area contributed by atoms with Gasteiger partial charge >= 0.3 is 6.18 Å². The van der Waals surface area contributed by atoms with Crippen molar-refractivity contribution in [1.82, 2.24) is 14.5 Å². The molecular formula is C22H17ClF3N3. The number of para-hydroxylation sites is 1. The average Bonchev–Trinajstić information content (AvgIpc) is 3.05. The van der Waals surface area contributed by atoms with Gasteiger partial charge in [0, 0.05) is 24.0 Å². The minimum atomic E-state index is -4.53. The summed E-state index contributed by atoms with van der Waals surface area (Å²) in [6.07, 6.45) is -0.657. The molecule has 4 aromatic rings. The molecule has 2 aromatic heterocycles. The Morgan fingerprint density at radius 2 is 1.69 bits per heavy atom. The molecule has 0 aliphatic rings. The Labute approximate surface area is 170 Å². The molecule has 3 nitrogen and oxygen atoms in total. The number of fused-ring (bicyclic) bond motifs is 1. The molecule has 0 aliphatic heterocycles. The first kappa shape index (κ1) is 19.5. The third-order valence-corrected chi connectivity index (χ3v) is 5.00. The Morgan fingerprint density at radius 3 is 2.38 bits per heavy atom. The van der Waals surface area contributed by atoms with E-state index in [-0.39, 0.29) is 10.5 Å². The van der Waals surface area contributed by atoms with E-state index in [1.807, 2.05) is 53.1 Å². The third-order valence-electron chi connectivity index (χ3n) is 4.69. The van der Waals surface area contributed by atoms with Crippen LogP contribution >= 0.6 is 11.6 Å². The minimum absolute atomic E-state index is 0.276. The van der Waals surface area contributed by atoms with Crippen molar-refractivity contribution in [1.29, 1.82) is 0 Å². The highest BCUT2D eigenvalue weighted by atomic mass is 35.5.